The third-order valence-corrected chi connectivity index (χ3v) is 3.60. The zero-order valence-corrected chi connectivity index (χ0v) is 13.6. The SMILES string of the molecule is COc1cc(/C=C/c2ccc3ccccc3n2)ccc1OCC(=O)[O-]. The third kappa shape index (κ3) is 4.14. The lowest BCUT2D eigenvalue weighted by atomic mass is 10.1. The average molecular weight is 334 g/mol. The topological polar surface area (TPSA) is 71.5 Å². The number of rotatable bonds is 6. The van der Waals surface area contributed by atoms with Crippen LogP contribution in [0.2, 0.25) is 0 Å². The van der Waals surface area contributed by atoms with E-state index in [9.17, 15) is 9.90 Å². The molecule has 25 heavy (non-hydrogen) atoms. The van der Waals surface area contributed by atoms with Gasteiger partial charge < -0.3 is 19.4 Å². The van der Waals surface area contributed by atoms with Gasteiger partial charge in [0.2, 0.25) is 0 Å². The molecule has 0 spiro atoms. The fourth-order valence-electron chi connectivity index (χ4n) is 2.40. The number of benzene rings is 2. The van der Waals surface area contributed by atoms with Crippen molar-refractivity contribution >= 4 is 29.0 Å². The number of hydrogen-bond acceptors (Lipinski definition) is 5. The normalized spacial score (nSPS) is 10.9. The van der Waals surface area contributed by atoms with Gasteiger partial charge in [0.15, 0.2) is 11.5 Å². The largest absolute Gasteiger partial charge is 0.546 e. The van der Waals surface area contributed by atoms with Gasteiger partial charge in [0.1, 0.15) is 6.61 Å². The summed E-state index contributed by atoms with van der Waals surface area (Å²) in [4.78, 5) is 15.1. The number of carboxylic acid groups (broad SMARTS) is 1. The van der Waals surface area contributed by atoms with Crippen LogP contribution in [-0.2, 0) is 4.79 Å². The van der Waals surface area contributed by atoms with Gasteiger partial charge in [0.25, 0.3) is 0 Å². The Hall–Kier alpha value is -3.34. The predicted molar refractivity (Wildman–Crippen MR) is 94.2 cm³/mol. The molecule has 2 aromatic carbocycles. The first-order valence-corrected chi connectivity index (χ1v) is 7.70. The van der Waals surface area contributed by atoms with E-state index in [2.05, 4.69) is 4.98 Å². The first kappa shape index (κ1) is 16.5. The van der Waals surface area contributed by atoms with Crippen molar-refractivity contribution in [3.05, 3.63) is 65.9 Å². The summed E-state index contributed by atoms with van der Waals surface area (Å²) in [5, 5.41) is 11.6. The Labute approximate surface area is 145 Å². The number of methoxy groups -OCH3 is 1. The van der Waals surface area contributed by atoms with E-state index in [-0.39, 0.29) is 0 Å². The lowest BCUT2D eigenvalue weighted by molar-refractivity contribution is -0.307. The number of carbonyl (C=O) groups excluding carboxylic acids is 1. The molecule has 0 aliphatic heterocycles. The molecule has 3 aromatic rings. The maximum Gasteiger partial charge on any atom is 0.161 e. The molecule has 0 amide bonds. The number of fused-ring (bicyclic) bond motifs is 1. The molecular weight excluding hydrogens is 318 g/mol. The van der Waals surface area contributed by atoms with Crippen LogP contribution >= 0.6 is 0 Å². The van der Waals surface area contributed by atoms with Crippen LogP contribution in [0.5, 0.6) is 11.5 Å². The number of para-hydroxylation sites is 1. The highest BCUT2D eigenvalue weighted by Gasteiger charge is 2.05. The summed E-state index contributed by atoms with van der Waals surface area (Å²) in [6, 6.07) is 17.1. The smallest absolute Gasteiger partial charge is 0.161 e. The highest BCUT2D eigenvalue weighted by molar-refractivity contribution is 5.81. The molecule has 0 unspecified atom stereocenters. The van der Waals surface area contributed by atoms with Crippen LogP contribution < -0.4 is 14.6 Å². The Balaban J connectivity index is 1.81. The van der Waals surface area contributed by atoms with Crippen molar-refractivity contribution in [2.75, 3.05) is 13.7 Å². The van der Waals surface area contributed by atoms with E-state index >= 15 is 0 Å². The minimum Gasteiger partial charge on any atom is -0.546 e. The third-order valence-electron chi connectivity index (χ3n) is 3.60. The van der Waals surface area contributed by atoms with Gasteiger partial charge in [0.05, 0.1) is 24.3 Å². The summed E-state index contributed by atoms with van der Waals surface area (Å²) < 4.78 is 10.4. The van der Waals surface area contributed by atoms with E-state index in [1.165, 1.54) is 7.11 Å². The summed E-state index contributed by atoms with van der Waals surface area (Å²) >= 11 is 0. The highest BCUT2D eigenvalue weighted by Crippen LogP contribution is 2.28. The Morgan fingerprint density at radius 3 is 2.72 bits per heavy atom. The Kier molecular flexibility index (Phi) is 4.95. The minimum absolute atomic E-state index is 0.354. The molecule has 0 bridgehead atoms. The van der Waals surface area contributed by atoms with Gasteiger partial charge in [-0.25, -0.2) is 4.98 Å². The predicted octanol–water partition coefficient (Wildman–Crippen LogP) is 2.54. The van der Waals surface area contributed by atoms with Gasteiger partial charge in [-0.2, -0.15) is 0 Å². The van der Waals surface area contributed by atoms with Crippen molar-refractivity contribution in [3.8, 4) is 11.5 Å². The molecule has 0 N–H and O–H groups in total. The van der Waals surface area contributed by atoms with Gasteiger partial charge in [-0.15, -0.1) is 0 Å². The number of pyridine rings is 1. The molecule has 0 saturated carbocycles. The zero-order chi connectivity index (χ0) is 17.6. The quantitative estimate of drug-likeness (QED) is 0.693. The van der Waals surface area contributed by atoms with E-state index in [0.29, 0.717) is 11.5 Å². The number of aromatic nitrogens is 1. The van der Waals surface area contributed by atoms with Crippen LogP contribution in [-0.4, -0.2) is 24.7 Å². The first-order chi connectivity index (χ1) is 12.2. The number of aliphatic carboxylic acids is 1. The van der Waals surface area contributed by atoms with E-state index in [4.69, 9.17) is 9.47 Å². The molecule has 0 aliphatic carbocycles. The molecule has 0 radical (unpaired) electrons. The van der Waals surface area contributed by atoms with E-state index in [0.717, 1.165) is 22.2 Å². The van der Waals surface area contributed by atoms with Gasteiger partial charge in [-0.1, -0.05) is 36.4 Å². The monoisotopic (exact) mass is 334 g/mol. The summed E-state index contributed by atoms with van der Waals surface area (Å²) in [5.74, 6) is -0.476. The second-order valence-corrected chi connectivity index (χ2v) is 5.33. The fraction of sp³-hybridized carbons (Fsp3) is 0.100. The van der Waals surface area contributed by atoms with Crippen molar-refractivity contribution < 1.29 is 19.4 Å². The summed E-state index contributed by atoms with van der Waals surface area (Å²) in [6.45, 7) is -0.521. The van der Waals surface area contributed by atoms with E-state index in [1.54, 1.807) is 12.1 Å². The van der Waals surface area contributed by atoms with Crippen LogP contribution in [0.3, 0.4) is 0 Å². The van der Waals surface area contributed by atoms with Crippen molar-refractivity contribution in [1.29, 1.82) is 0 Å². The van der Waals surface area contributed by atoms with Crippen molar-refractivity contribution in [2.24, 2.45) is 0 Å². The number of carboxylic acids is 1. The van der Waals surface area contributed by atoms with Gasteiger partial charge >= 0.3 is 0 Å². The molecule has 1 heterocycles. The van der Waals surface area contributed by atoms with Gasteiger partial charge in [-0.3, -0.25) is 0 Å². The molecule has 5 nitrogen and oxygen atoms in total. The molecule has 5 heteroatoms. The van der Waals surface area contributed by atoms with E-state index in [1.807, 2.05) is 54.6 Å². The lowest BCUT2D eigenvalue weighted by Crippen LogP contribution is -2.29. The molecule has 0 fully saturated rings. The van der Waals surface area contributed by atoms with Crippen molar-refractivity contribution in [2.45, 2.75) is 0 Å². The van der Waals surface area contributed by atoms with Crippen LogP contribution in [0.15, 0.2) is 54.6 Å². The molecule has 126 valence electrons. The fourth-order valence-corrected chi connectivity index (χ4v) is 2.40. The van der Waals surface area contributed by atoms with Crippen LogP contribution in [0.4, 0.5) is 0 Å². The zero-order valence-electron chi connectivity index (χ0n) is 13.6. The summed E-state index contributed by atoms with van der Waals surface area (Å²) in [5.41, 5.74) is 2.66. The lowest BCUT2D eigenvalue weighted by Gasteiger charge is -2.11. The Morgan fingerprint density at radius 1 is 1.08 bits per heavy atom. The molecule has 0 atom stereocenters. The number of hydrogen-bond donors (Lipinski definition) is 0. The number of carbonyl (C=O) groups is 1. The summed E-state index contributed by atoms with van der Waals surface area (Å²) in [7, 11) is 1.50. The molecule has 3 rings (SSSR count). The maximum absolute atomic E-state index is 10.5. The second kappa shape index (κ2) is 7.49. The highest BCUT2D eigenvalue weighted by atomic mass is 16.5. The standard InChI is InChI=1S/C20H17NO4/c1-24-19-12-14(7-11-18(19)25-13-20(22)23)6-9-16-10-8-15-4-2-3-5-17(15)21-16/h2-12H,13H2,1H3,(H,22,23)/p-1/b9-6+. The molecular formula is C20H16NO4-. The van der Waals surface area contributed by atoms with Crippen molar-refractivity contribution in [1.82, 2.24) is 4.98 Å². The minimum atomic E-state index is -1.28. The average Bonchev–Trinajstić information content (AvgIpc) is 2.64. The first-order valence-electron chi connectivity index (χ1n) is 7.70. The van der Waals surface area contributed by atoms with Crippen molar-refractivity contribution in [3.63, 3.8) is 0 Å². The maximum atomic E-state index is 10.5. The van der Waals surface area contributed by atoms with Gasteiger partial charge in [-0.05, 0) is 35.9 Å². The molecule has 0 saturated heterocycles. The Bertz CT molecular complexity index is 934. The van der Waals surface area contributed by atoms with Crippen LogP contribution in [0.25, 0.3) is 23.1 Å². The van der Waals surface area contributed by atoms with Crippen LogP contribution in [0.1, 0.15) is 11.3 Å². The van der Waals surface area contributed by atoms with E-state index < -0.39 is 12.6 Å². The molecule has 0 aliphatic rings. The number of nitrogens with zero attached hydrogens (tertiary/aromatic N) is 1. The second-order valence-electron chi connectivity index (χ2n) is 5.33. The number of ether oxygens (including phenoxy) is 2. The molecule has 1 aromatic heterocycles. The summed E-state index contributed by atoms with van der Waals surface area (Å²) in [6.07, 6.45) is 3.81. The Morgan fingerprint density at radius 2 is 1.92 bits per heavy atom. The van der Waals surface area contributed by atoms with Crippen LogP contribution in [0, 0.1) is 0 Å². The van der Waals surface area contributed by atoms with Gasteiger partial charge in [0, 0.05) is 5.39 Å².